The fraction of sp³-hybridized carbons (Fsp3) is 0.667. The predicted octanol–water partition coefficient (Wildman–Crippen LogP) is 6.41. The van der Waals surface area contributed by atoms with Gasteiger partial charge in [-0.05, 0) is 55.6 Å². The summed E-state index contributed by atoms with van der Waals surface area (Å²) >= 11 is 5.67. The van der Waals surface area contributed by atoms with Crippen molar-refractivity contribution in [3.8, 4) is 0 Å². The van der Waals surface area contributed by atoms with E-state index in [2.05, 4.69) is 55.3 Å². The van der Waals surface area contributed by atoms with Gasteiger partial charge in [0.1, 0.15) is 0 Å². The second-order valence-corrected chi connectivity index (χ2v) is 7.02. The topological polar surface area (TPSA) is 15.3 Å². The third-order valence-corrected chi connectivity index (χ3v) is 4.73. The second kappa shape index (κ2) is 13.2. The molecule has 0 saturated heterocycles. The maximum atomic E-state index is 5.67. The Morgan fingerprint density at radius 2 is 1.38 bits per heavy atom. The number of rotatable bonds is 12. The molecule has 0 saturated carbocycles. The summed E-state index contributed by atoms with van der Waals surface area (Å²) in [6, 6.07) is 8.76. The largest absolute Gasteiger partial charge is 0.349 e. The zero-order chi connectivity index (χ0) is 17.6. The first-order valence-corrected chi connectivity index (χ1v) is 10.3. The lowest BCUT2D eigenvalue weighted by Gasteiger charge is -2.26. The molecule has 0 aromatic heterocycles. The summed E-state index contributed by atoms with van der Waals surface area (Å²) in [4.78, 5) is 2.35. The van der Waals surface area contributed by atoms with Crippen LogP contribution in [0.3, 0.4) is 0 Å². The molecule has 0 aliphatic heterocycles. The molecule has 1 aromatic rings. The van der Waals surface area contributed by atoms with E-state index in [1.165, 1.54) is 63.4 Å². The number of hydrogen-bond acceptors (Lipinski definition) is 1. The molecular formula is C21H36N2S. The highest BCUT2D eigenvalue weighted by Crippen LogP contribution is 2.13. The maximum Gasteiger partial charge on any atom is 0.173 e. The molecule has 1 aromatic carbocycles. The summed E-state index contributed by atoms with van der Waals surface area (Å²) in [5.41, 5.74) is 2.52. The lowest BCUT2D eigenvalue weighted by Crippen LogP contribution is -2.36. The van der Waals surface area contributed by atoms with Crippen molar-refractivity contribution in [3.63, 3.8) is 0 Å². The quantitative estimate of drug-likeness (QED) is 0.347. The number of nitrogens with one attached hydrogen (secondary N) is 1. The van der Waals surface area contributed by atoms with E-state index in [0.29, 0.717) is 0 Å². The van der Waals surface area contributed by atoms with Gasteiger partial charge in [0.05, 0.1) is 0 Å². The molecule has 0 radical (unpaired) electrons. The van der Waals surface area contributed by atoms with Crippen molar-refractivity contribution in [3.05, 3.63) is 29.8 Å². The van der Waals surface area contributed by atoms with Crippen molar-refractivity contribution in [2.75, 3.05) is 18.4 Å². The molecule has 0 aliphatic rings. The van der Waals surface area contributed by atoms with E-state index in [1.807, 2.05) is 0 Å². The van der Waals surface area contributed by atoms with Gasteiger partial charge in [0.2, 0.25) is 0 Å². The standard InChI is InChI=1S/C21H36N2S/c1-4-7-10-17-23(18-11-8-5-2)21(24)22-20-15-13-19(14-16-20)12-9-6-3/h13-16H,4-12,17-18H2,1-3H3,(H,22,24). The first-order valence-electron chi connectivity index (χ1n) is 9.86. The molecule has 1 N–H and O–H groups in total. The number of benzene rings is 1. The van der Waals surface area contributed by atoms with Crippen LogP contribution < -0.4 is 5.32 Å². The lowest BCUT2D eigenvalue weighted by atomic mass is 10.1. The Kier molecular flexibility index (Phi) is 11.5. The van der Waals surface area contributed by atoms with Crippen molar-refractivity contribution < 1.29 is 0 Å². The van der Waals surface area contributed by atoms with Crippen molar-refractivity contribution in [2.24, 2.45) is 0 Å². The number of hydrogen-bond donors (Lipinski definition) is 1. The van der Waals surface area contributed by atoms with E-state index in [0.717, 1.165) is 23.9 Å². The van der Waals surface area contributed by atoms with Gasteiger partial charge in [-0.3, -0.25) is 0 Å². The molecule has 0 fully saturated rings. The third kappa shape index (κ3) is 8.68. The summed E-state index contributed by atoms with van der Waals surface area (Å²) in [7, 11) is 0. The SMILES string of the molecule is CCCCCN(CCCCC)C(=S)Nc1ccc(CCCC)cc1. The molecule has 2 nitrogen and oxygen atoms in total. The normalized spacial score (nSPS) is 10.6. The van der Waals surface area contributed by atoms with Crippen molar-refractivity contribution in [1.29, 1.82) is 0 Å². The molecule has 0 bridgehead atoms. The lowest BCUT2D eigenvalue weighted by molar-refractivity contribution is 0.395. The van der Waals surface area contributed by atoms with E-state index in [4.69, 9.17) is 12.2 Å². The van der Waals surface area contributed by atoms with Crippen molar-refractivity contribution in [1.82, 2.24) is 4.90 Å². The minimum absolute atomic E-state index is 0.878. The van der Waals surface area contributed by atoms with Gasteiger partial charge in [0.25, 0.3) is 0 Å². The molecule has 0 spiro atoms. The number of anilines is 1. The smallest absolute Gasteiger partial charge is 0.173 e. The van der Waals surface area contributed by atoms with Gasteiger partial charge < -0.3 is 10.2 Å². The zero-order valence-electron chi connectivity index (χ0n) is 15.9. The third-order valence-electron chi connectivity index (χ3n) is 4.37. The Morgan fingerprint density at radius 1 is 0.833 bits per heavy atom. The average molecular weight is 349 g/mol. The van der Waals surface area contributed by atoms with Crippen LogP contribution in [0.5, 0.6) is 0 Å². The van der Waals surface area contributed by atoms with Gasteiger partial charge >= 0.3 is 0 Å². The first kappa shape index (κ1) is 21.0. The van der Waals surface area contributed by atoms with Crippen LogP contribution in [-0.4, -0.2) is 23.1 Å². The maximum absolute atomic E-state index is 5.67. The molecule has 0 aliphatic carbocycles. The minimum Gasteiger partial charge on any atom is -0.349 e. The Balaban J connectivity index is 2.54. The van der Waals surface area contributed by atoms with Gasteiger partial charge in [-0.1, -0.05) is 65.0 Å². The summed E-state index contributed by atoms with van der Waals surface area (Å²) in [6.07, 6.45) is 11.2. The molecule has 0 heterocycles. The van der Waals surface area contributed by atoms with Crippen molar-refractivity contribution in [2.45, 2.75) is 78.6 Å². The fourth-order valence-corrected chi connectivity index (χ4v) is 3.06. The minimum atomic E-state index is 0.878. The summed E-state index contributed by atoms with van der Waals surface area (Å²) < 4.78 is 0. The molecular weight excluding hydrogens is 312 g/mol. The van der Waals surface area contributed by atoms with Crippen LogP contribution in [0.15, 0.2) is 24.3 Å². The van der Waals surface area contributed by atoms with Gasteiger partial charge in [-0.15, -0.1) is 0 Å². The highest BCUT2D eigenvalue weighted by molar-refractivity contribution is 7.80. The monoisotopic (exact) mass is 348 g/mol. The predicted molar refractivity (Wildman–Crippen MR) is 112 cm³/mol. The first-order chi connectivity index (χ1) is 11.7. The van der Waals surface area contributed by atoms with Crippen LogP contribution >= 0.6 is 12.2 Å². The highest BCUT2D eigenvalue weighted by Gasteiger charge is 2.09. The summed E-state index contributed by atoms with van der Waals surface area (Å²) in [5.74, 6) is 0. The van der Waals surface area contributed by atoms with Crippen LogP contribution in [0.4, 0.5) is 5.69 Å². The number of unbranched alkanes of at least 4 members (excludes halogenated alkanes) is 5. The Labute approximate surface area is 155 Å². The van der Waals surface area contributed by atoms with Crippen LogP contribution in [0.1, 0.15) is 77.7 Å². The van der Waals surface area contributed by atoms with E-state index in [1.54, 1.807) is 0 Å². The number of nitrogens with zero attached hydrogens (tertiary/aromatic N) is 1. The fourth-order valence-electron chi connectivity index (χ4n) is 2.76. The van der Waals surface area contributed by atoms with Gasteiger partial charge in [-0.2, -0.15) is 0 Å². The van der Waals surface area contributed by atoms with Gasteiger partial charge in [0.15, 0.2) is 5.11 Å². The van der Waals surface area contributed by atoms with Crippen LogP contribution in [-0.2, 0) is 6.42 Å². The summed E-state index contributed by atoms with van der Waals surface area (Å²) in [5, 5.41) is 4.31. The molecule has 24 heavy (non-hydrogen) atoms. The number of thiocarbonyl (C=S) groups is 1. The van der Waals surface area contributed by atoms with E-state index in [9.17, 15) is 0 Å². The molecule has 0 atom stereocenters. The van der Waals surface area contributed by atoms with Crippen LogP contribution in [0.2, 0.25) is 0 Å². The molecule has 0 unspecified atom stereocenters. The number of aryl methyl sites for hydroxylation is 1. The van der Waals surface area contributed by atoms with E-state index < -0.39 is 0 Å². The Bertz CT molecular complexity index is 432. The highest BCUT2D eigenvalue weighted by atomic mass is 32.1. The molecule has 1 rings (SSSR count). The Hall–Kier alpha value is -1.09. The van der Waals surface area contributed by atoms with Gasteiger partial charge in [-0.25, -0.2) is 0 Å². The zero-order valence-corrected chi connectivity index (χ0v) is 16.8. The second-order valence-electron chi connectivity index (χ2n) is 6.63. The molecule has 3 heteroatoms. The van der Waals surface area contributed by atoms with Crippen LogP contribution in [0, 0.1) is 0 Å². The van der Waals surface area contributed by atoms with E-state index >= 15 is 0 Å². The van der Waals surface area contributed by atoms with Crippen molar-refractivity contribution >= 4 is 23.0 Å². The van der Waals surface area contributed by atoms with E-state index in [-0.39, 0.29) is 0 Å². The average Bonchev–Trinajstić information content (AvgIpc) is 2.60. The molecule has 0 amide bonds. The summed E-state index contributed by atoms with van der Waals surface area (Å²) in [6.45, 7) is 8.87. The Morgan fingerprint density at radius 3 is 1.88 bits per heavy atom. The van der Waals surface area contributed by atoms with Gasteiger partial charge in [0, 0.05) is 18.8 Å². The molecule has 136 valence electrons. The van der Waals surface area contributed by atoms with Crippen LogP contribution in [0.25, 0.3) is 0 Å².